The second-order valence-corrected chi connectivity index (χ2v) is 10.7. The third-order valence-corrected chi connectivity index (χ3v) is 8.19. The number of hydrogen-bond donors (Lipinski definition) is 0. The van der Waals surface area contributed by atoms with Crippen molar-refractivity contribution in [3.05, 3.63) is 134 Å². The summed E-state index contributed by atoms with van der Waals surface area (Å²) in [5.41, 5.74) is 4.26. The van der Waals surface area contributed by atoms with Crippen molar-refractivity contribution in [3.63, 3.8) is 0 Å². The highest BCUT2D eigenvalue weighted by atomic mass is 16.3. The molecule has 0 saturated carbocycles. The van der Waals surface area contributed by atoms with Crippen LogP contribution in [0.2, 0.25) is 0 Å². The number of hydrogen-bond acceptors (Lipinski definition) is 5. The molecule has 200 valence electrons. The molecule has 0 N–H and O–H groups in total. The van der Waals surface area contributed by atoms with Crippen molar-refractivity contribution in [3.8, 4) is 34.2 Å². The molecule has 0 amide bonds. The molecule has 6 aromatic carbocycles. The van der Waals surface area contributed by atoms with Crippen molar-refractivity contribution in [2.75, 3.05) is 0 Å². The van der Waals surface area contributed by atoms with Crippen LogP contribution >= 0.6 is 0 Å². The Labute approximate surface area is 246 Å². The van der Waals surface area contributed by atoms with E-state index in [1.165, 1.54) is 26.9 Å². The van der Waals surface area contributed by atoms with Gasteiger partial charge in [0, 0.05) is 33.7 Å². The molecule has 9 aromatic rings. The van der Waals surface area contributed by atoms with Crippen molar-refractivity contribution in [2.45, 2.75) is 0 Å². The first-order chi connectivity index (χ1) is 21.3. The lowest BCUT2D eigenvalue weighted by molar-refractivity contribution is 0.667. The Morgan fingerprint density at radius 2 is 1.19 bits per heavy atom. The van der Waals surface area contributed by atoms with Crippen LogP contribution in [-0.4, -0.2) is 19.9 Å². The monoisotopic (exact) mass is 550 g/mol. The van der Waals surface area contributed by atoms with Crippen molar-refractivity contribution in [1.82, 2.24) is 19.9 Å². The van der Waals surface area contributed by atoms with Crippen LogP contribution in [0, 0.1) is 0 Å². The van der Waals surface area contributed by atoms with Gasteiger partial charge in [0.25, 0.3) is 0 Å². The number of benzene rings is 6. The van der Waals surface area contributed by atoms with Gasteiger partial charge in [-0.15, -0.1) is 0 Å². The summed E-state index contributed by atoms with van der Waals surface area (Å²) in [7, 11) is 0. The zero-order chi connectivity index (χ0) is 28.3. The minimum atomic E-state index is 0.596. The maximum atomic E-state index is 6.12. The van der Waals surface area contributed by atoms with Crippen molar-refractivity contribution in [1.29, 1.82) is 0 Å². The van der Waals surface area contributed by atoms with Crippen LogP contribution in [0.3, 0.4) is 0 Å². The van der Waals surface area contributed by atoms with Gasteiger partial charge >= 0.3 is 0 Å². The maximum Gasteiger partial charge on any atom is 0.164 e. The van der Waals surface area contributed by atoms with Gasteiger partial charge in [-0.2, -0.15) is 0 Å². The van der Waals surface area contributed by atoms with Crippen LogP contribution in [0.15, 0.2) is 138 Å². The highest BCUT2D eigenvalue weighted by Gasteiger charge is 2.18. The Morgan fingerprint density at radius 1 is 0.442 bits per heavy atom. The molecule has 0 aliphatic carbocycles. The highest BCUT2D eigenvalue weighted by Crippen LogP contribution is 2.37. The topological polar surface area (TPSA) is 64.7 Å². The maximum absolute atomic E-state index is 6.12. The van der Waals surface area contributed by atoms with Gasteiger partial charge < -0.3 is 4.42 Å². The zero-order valence-electron chi connectivity index (χ0n) is 22.9. The molecule has 0 aliphatic heterocycles. The van der Waals surface area contributed by atoms with E-state index in [0.29, 0.717) is 17.5 Å². The fourth-order valence-electron chi connectivity index (χ4n) is 6.18. The van der Waals surface area contributed by atoms with E-state index in [2.05, 4.69) is 71.7 Å². The van der Waals surface area contributed by atoms with E-state index >= 15 is 0 Å². The predicted molar refractivity (Wildman–Crippen MR) is 174 cm³/mol. The zero-order valence-corrected chi connectivity index (χ0v) is 22.9. The molecule has 0 aliphatic rings. The van der Waals surface area contributed by atoms with Gasteiger partial charge in [0.1, 0.15) is 5.58 Å². The third kappa shape index (κ3) is 3.79. The first-order valence-corrected chi connectivity index (χ1v) is 14.2. The van der Waals surface area contributed by atoms with E-state index in [1.807, 2.05) is 54.6 Å². The molecule has 0 atom stereocenters. The lowest BCUT2D eigenvalue weighted by Crippen LogP contribution is -2.00. The quantitative estimate of drug-likeness (QED) is 0.205. The smallest absolute Gasteiger partial charge is 0.164 e. The van der Waals surface area contributed by atoms with Crippen LogP contribution in [0.1, 0.15) is 0 Å². The van der Waals surface area contributed by atoms with E-state index in [-0.39, 0.29) is 0 Å². The van der Waals surface area contributed by atoms with Gasteiger partial charge in [-0.05, 0) is 50.5 Å². The second kappa shape index (κ2) is 9.29. The largest absolute Gasteiger partial charge is 0.454 e. The average Bonchev–Trinajstić information content (AvgIpc) is 3.47. The van der Waals surface area contributed by atoms with Gasteiger partial charge in [0.2, 0.25) is 0 Å². The molecule has 0 fully saturated rings. The molecule has 3 aromatic heterocycles. The number of nitrogens with zero attached hydrogens (tertiary/aromatic N) is 4. The van der Waals surface area contributed by atoms with E-state index in [4.69, 9.17) is 19.4 Å². The molecule has 5 heteroatoms. The van der Waals surface area contributed by atoms with Gasteiger partial charge in [0.15, 0.2) is 23.1 Å². The SMILES string of the molecule is c1ccc(-c2nc(-c3ccc4c(ccc5ccc6ccccc6c54)c3)nc(-c3cccc4oc5cnccc5c34)n2)cc1. The molecule has 5 nitrogen and oxygen atoms in total. The summed E-state index contributed by atoms with van der Waals surface area (Å²) in [6, 6.07) is 41.8. The molecule has 0 radical (unpaired) electrons. The fraction of sp³-hybridized carbons (Fsp3) is 0. The molecule has 0 spiro atoms. The Hall–Kier alpha value is -5.94. The van der Waals surface area contributed by atoms with Gasteiger partial charge in [-0.1, -0.05) is 103 Å². The van der Waals surface area contributed by atoms with Gasteiger partial charge in [0.05, 0.1) is 6.20 Å². The molecule has 43 heavy (non-hydrogen) atoms. The Kier molecular flexibility index (Phi) is 5.13. The molecule has 3 heterocycles. The van der Waals surface area contributed by atoms with Crippen LogP contribution in [0.25, 0.3) is 88.4 Å². The fourth-order valence-corrected chi connectivity index (χ4v) is 6.18. The Bertz CT molecular complexity index is 2520. The molecule has 0 unspecified atom stereocenters. The molecular formula is C38H22N4O. The lowest BCUT2D eigenvalue weighted by Gasteiger charge is -2.11. The lowest BCUT2D eigenvalue weighted by atomic mass is 9.95. The summed E-state index contributed by atoms with van der Waals surface area (Å²) >= 11 is 0. The van der Waals surface area contributed by atoms with Crippen LogP contribution in [0.4, 0.5) is 0 Å². The van der Waals surface area contributed by atoms with Crippen LogP contribution < -0.4 is 0 Å². The van der Waals surface area contributed by atoms with Crippen molar-refractivity contribution < 1.29 is 4.42 Å². The second-order valence-electron chi connectivity index (χ2n) is 10.7. The third-order valence-electron chi connectivity index (χ3n) is 8.19. The number of aromatic nitrogens is 4. The highest BCUT2D eigenvalue weighted by molar-refractivity contribution is 6.20. The molecule has 0 saturated heterocycles. The number of furan rings is 1. The van der Waals surface area contributed by atoms with Crippen LogP contribution in [0.5, 0.6) is 0 Å². The van der Waals surface area contributed by atoms with E-state index in [9.17, 15) is 0 Å². The molecular weight excluding hydrogens is 528 g/mol. The number of pyridine rings is 1. The summed E-state index contributed by atoms with van der Waals surface area (Å²) in [4.78, 5) is 19.3. The van der Waals surface area contributed by atoms with E-state index in [0.717, 1.165) is 44.0 Å². The Morgan fingerprint density at radius 3 is 2.09 bits per heavy atom. The summed E-state index contributed by atoms with van der Waals surface area (Å²) in [6.45, 7) is 0. The van der Waals surface area contributed by atoms with Gasteiger partial charge in [-0.3, -0.25) is 4.98 Å². The van der Waals surface area contributed by atoms with Crippen molar-refractivity contribution >= 4 is 54.3 Å². The van der Waals surface area contributed by atoms with Crippen LogP contribution in [-0.2, 0) is 0 Å². The molecule has 0 bridgehead atoms. The average molecular weight is 551 g/mol. The summed E-state index contributed by atoms with van der Waals surface area (Å²) in [6.07, 6.45) is 3.53. The summed E-state index contributed by atoms with van der Waals surface area (Å²) < 4.78 is 6.12. The first-order valence-electron chi connectivity index (χ1n) is 14.2. The normalized spacial score (nSPS) is 11.7. The summed E-state index contributed by atoms with van der Waals surface area (Å²) in [5.74, 6) is 1.84. The standard InChI is InChI=1S/C38H22N4O/c1-2-8-25(9-3-1)36-40-37(42-38(41-36)31-11-6-12-32-35(31)30-19-20-39-22-33(30)43-32)27-17-18-29-26(21-27)16-15-24-14-13-23-7-4-5-10-28(23)34(24)29/h1-22H. The van der Waals surface area contributed by atoms with E-state index in [1.54, 1.807) is 12.4 Å². The van der Waals surface area contributed by atoms with Crippen molar-refractivity contribution in [2.24, 2.45) is 0 Å². The molecule has 9 rings (SSSR count). The number of fused-ring (bicyclic) bond motifs is 8. The van der Waals surface area contributed by atoms with Gasteiger partial charge in [-0.25, -0.2) is 15.0 Å². The first kappa shape index (κ1) is 23.7. The minimum absolute atomic E-state index is 0.596. The number of rotatable bonds is 3. The Balaban J connectivity index is 1.29. The predicted octanol–water partition coefficient (Wildman–Crippen LogP) is 9.63. The minimum Gasteiger partial charge on any atom is -0.454 e. The summed E-state index contributed by atoms with van der Waals surface area (Å²) in [5, 5.41) is 9.26. The van der Waals surface area contributed by atoms with E-state index < -0.39 is 0 Å².